The van der Waals surface area contributed by atoms with Crippen LogP contribution in [0, 0.1) is 0 Å². The molecule has 0 aromatic rings. The molecule has 1 heterocycles. The smallest absolute Gasteiger partial charge is 0.431 e. The van der Waals surface area contributed by atoms with Gasteiger partial charge in [-0.3, -0.25) is 9.59 Å². The molecule has 0 spiro atoms. The molecule has 38 heavy (non-hydrogen) atoms. The van der Waals surface area contributed by atoms with Crippen LogP contribution in [-0.4, -0.2) is 146 Å². The van der Waals surface area contributed by atoms with Crippen LogP contribution in [-0.2, 0) is 33.3 Å². The minimum absolute atomic E-state index is 0.186. The van der Waals surface area contributed by atoms with Crippen molar-refractivity contribution < 1.29 is 73.8 Å². The molecule has 1 fully saturated rings. The molecule has 0 aromatic heterocycles. The summed E-state index contributed by atoms with van der Waals surface area (Å²) in [5, 5.41) is 70.7. The molecule has 0 aromatic carbocycles. The Morgan fingerprint density at radius 3 is 2.08 bits per heavy atom. The number of likely N-dealkylation sites (N-methyl/N-ethyl adjacent to an activating group) is 1. The van der Waals surface area contributed by atoms with Gasteiger partial charge >= 0.3 is 12.1 Å². The summed E-state index contributed by atoms with van der Waals surface area (Å²) in [5.41, 5.74) is 0. The Bertz CT molecular complexity index is 765. The number of nitrogens with zero attached hydrogens (tertiary/aromatic N) is 1. The van der Waals surface area contributed by atoms with Crippen LogP contribution in [0.2, 0.25) is 0 Å². The summed E-state index contributed by atoms with van der Waals surface area (Å²) in [6.45, 7) is 4.22. The van der Waals surface area contributed by atoms with Crippen molar-refractivity contribution in [2.75, 3.05) is 20.2 Å². The van der Waals surface area contributed by atoms with Crippen LogP contribution >= 0.6 is 0 Å². The van der Waals surface area contributed by atoms with Crippen LogP contribution in [0.5, 0.6) is 0 Å². The zero-order valence-electron chi connectivity index (χ0n) is 21.8. The minimum Gasteiger partial charge on any atom is -0.431 e. The van der Waals surface area contributed by atoms with Crippen molar-refractivity contribution in [3.8, 4) is 0 Å². The lowest BCUT2D eigenvalue weighted by Crippen LogP contribution is -2.61. The number of rotatable bonds is 13. The number of carbonyl (C=O) groups is 3. The number of amides is 1. The Morgan fingerprint density at radius 2 is 1.55 bits per heavy atom. The third kappa shape index (κ3) is 9.55. The summed E-state index contributed by atoms with van der Waals surface area (Å²) in [5.74, 6) is -2.28. The van der Waals surface area contributed by atoms with E-state index in [1.165, 1.54) is 6.92 Å². The van der Waals surface area contributed by atoms with Crippen molar-refractivity contribution in [3.63, 3.8) is 0 Å². The molecule has 0 saturated carbocycles. The van der Waals surface area contributed by atoms with E-state index in [1.807, 2.05) is 0 Å². The molecule has 1 rings (SSSR count). The lowest BCUT2D eigenvalue weighted by atomic mass is 9.96. The maximum atomic E-state index is 12.6. The van der Waals surface area contributed by atoms with E-state index in [9.17, 15) is 50.1 Å². The van der Waals surface area contributed by atoms with Gasteiger partial charge < -0.3 is 64.3 Å². The van der Waals surface area contributed by atoms with Crippen LogP contribution in [0.1, 0.15) is 34.1 Å². The van der Waals surface area contributed by atoms with E-state index >= 15 is 0 Å². The maximum Gasteiger partial charge on any atom is 0.511 e. The van der Waals surface area contributed by atoms with E-state index in [2.05, 4.69) is 0 Å². The molecule has 16 nitrogen and oxygen atoms in total. The molecule has 10 atom stereocenters. The highest BCUT2D eigenvalue weighted by atomic mass is 16.8. The summed E-state index contributed by atoms with van der Waals surface area (Å²) < 4.78 is 25.0. The van der Waals surface area contributed by atoms with Gasteiger partial charge in [-0.05, 0) is 20.3 Å². The molecule has 7 N–H and O–H groups in total. The second-order valence-corrected chi connectivity index (χ2v) is 9.00. The highest BCUT2D eigenvalue weighted by Gasteiger charge is 2.47. The zero-order chi connectivity index (χ0) is 29.3. The average Bonchev–Trinajstić information content (AvgIpc) is 2.84. The summed E-state index contributed by atoms with van der Waals surface area (Å²) in [7, 11) is 1.08. The fourth-order valence-corrected chi connectivity index (χ4v) is 3.45. The number of aliphatic hydroxyl groups excluding tert-OH is 7. The largest absolute Gasteiger partial charge is 0.511 e. The summed E-state index contributed by atoms with van der Waals surface area (Å²) in [6.07, 6.45) is -18.9. The highest BCUT2D eigenvalue weighted by molar-refractivity contribution is 5.85. The summed E-state index contributed by atoms with van der Waals surface area (Å²) in [4.78, 5) is 36.8. The third-order valence-corrected chi connectivity index (χ3v) is 5.48. The van der Waals surface area contributed by atoms with Gasteiger partial charge in [0, 0.05) is 14.0 Å². The number of hydrogen-bond donors (Lipinski definition) is 7. The van der Waals surface area contributed by atoms with Crippen LogP contribution in [0.4, 0.5) is 4.79 Å². The number of ether oxygens (including phenoxy) is 5. The normalized spacial score (nSPS) is 27.6. The molecule has 1 saturated heterocycles. The van der Waals surface area contributed by atoms with E-state index < -0.39 is 98.7 Å². The summed E-state index contributed by atoms with van der Waals surface area (Å²) in [6, 6.07) is 0. The first-order valence-electron chi connectivity index (χ1n) is 12.0. The predicted octanol–water partition coefficient (Wildman–Crippen LogP) is -3.43. The van der Waals surface area contributed by atoms with Crippen molar-refractivity contribution in [2.24, 2.45) is 0 Å². The van der Waals surface area contributed by atoms with E-state index in [1.54, 1.807) is 20.8 Å². The van der Waals surface area contributed by atoms with Crippen molar-refractivity contribution in [1.82, 2.24) is 4.90 Å². The maximum absolute atomic E-state index is 12.6. The minimum atomic E-state index is -2.31. The van der Waals surface area contributed by atoms with Crippen molar-refractivity contribution in [3.05, 3.63) is 0 Å². The van der Waals surface area contributed by atoms with Gasteiger partial charge in [-0.25, -0.2) is 4.79 Å². The molecule has 0 radical (unpaired) electrons. The topological polar surface area (TPSA) is 242 Å². The molecule has 16 heteroatoms. The van der Waals surface area contributed by atoms with Crippen molar-refractivity contribution in [1.29, 1.82) is 0 Å². The lowest BCUT2D eigenvalue weighted by molar-refractivity contribution is -0.323. The van der Waals surface area contributed by atoms with Gasteiger partial charge in [0.05, 0.1) is 18.8 Å². The molecule has 1 aliphatic rings. The number of carbonyl (C=O) groups excluding carboxylic acids is 3. The standard InChI is InChI=1S/C22H39NO15/c1-6-12-14(27)15(28)18(31)21(37-12)38-19(11(25)8-24)16(29)17(30)20(32)23(5)7-13(26)35-10(4)36-22(33)34-9(2)3/h9-12,14-19,21,24-25,27-31H,6-8H2,1-5H3. The van der Waals surface area contributed by atoms with Crippen molar-refractivity contribution >= 4 is 18.0 Å². The molecule has 1 amide bonds. The van der Waals surface area contributed by atoms with Gasteiger partial charge in [0.15, 0.2) is 12.4 Å². The van der Waals surface area contributed by atoms with Crippen LogP contribution in [0.15, 0.2) is 0 Å². The first-order chi connectivity index (χ1) is 17.6. The van der Waals surface area contributed by atoms with Crippen LogP contribution < -0.4 is 0 Å². The fourth-order valence-electron chi connectivity index (χ4n) is 3.45. The van der Waals surface area contributed by atoms with E-state index in [0.717, 1.165) is 7.05 Å². The Morgan fingerprint density at radius 1 is 0.947 bits per heavy atom. The van der Waals surface area contributed by atoms with E-state index in [-0.39, 0.29) is 6.42 Å². The van der Waals surface area contributed by atoms with Gasteiger partial charge in [-0.2, -0.15) is 0 Å². The second-order valence-electron chi connectivity index (χ2n) is 9.00. The Hall–Kier alpha value is -2.15. The molecule has 0 bridgehead atoms. The first-order valence-corrected chi connectivity index (χ1v) is 12.0. The molecular weight excluding hydrogens is 518 g/mol. The second kappa shape index (κ2) is 15.4. The number of hydrogen-bond acceptors (Lipinski definition) is 15. The predicted molar refractivity (Wildman–Crippen MR) is 123 cm³/mol. The average molecular weight is 558 g/mol. The lowest BCUT2D eigenvalue weighted by Gasteiger charge is -2.42. The van der Waals surface area contributed by atoms with Gasteiger partial charge in [-0.1, -0.05) is 6.92 Å². The molecule has 0 aliphatic carbocycles. The SMILES string of the molecule is CCC1OC(OC(C(O)CO)C(O)C(O)C(=O)N(C)CC(=O)OC(C)OC(=O)OC(C)C)C(O)C(O)C1O. The molecule has 1 aliphatic heterocycles. The number of esters is 1. The quantitative estimate of drug-likeness (QED) is 0.0861. The van der Waals surface area contributed by atoms with Gasteiger partial charge in [-0.15, -0.1) is 0 Å². The van der Waals surface area contributed by atoms with E-state index in [4.69, 9.17) is 23.7 Å². The summed E-state index contributed by atoms with van der Waals surface area (Å²) >= 11 is 0. The van der Waals surface area contributed by atoms with Crippen molar-refractivity contribution in [2.45, 2.75) is 102 Å². The van der Waals surface area contributed by atoms with Crippen LogP contribution in [0.25, 0.3) is 0 Å². The number of aliphatic hydroxyl groups is 7. The molecular formula is C22H39NO15. The zero-order valence-corrected chi connectivity index (χ0v) is 21.8. The highest BCUT2D eigenvalue weighted by Crippen LogP contribution is 2.26. The Kier molecular flexibility index (Phi) is 13.8. The first kappa shape index (κ1) is 33.9. The van der Waals surface area contributed by atoms with E-state index in [0.29, 0.717) is 4.90 Å². The van der Waals surface area contributed by atoms with Gasteiger partial charge in [0.1, 0.15) is 43.2 Å². The Labute approximate surface area is 219 Å². The van der Waals surface area contributed by atoms with Gasteiger partial charge in [0.2, 0.25) is 6.29 Å². The Balaban J connectivity index is 2.83. The van der Waals surface area contributed by atoms with Crippen LogP contribution in [0.3, 0.4) is 0 Å². The van der Waals surface area contributed by atoms with Gasteiger partial charge in [0.25, 0.3) is 5.91 Å². The third-order valence-electron chi connectivity index (χ3n) is 5.48. The fraction of sp³-hybridized carbons (Fsp3) is 0.864. The monoisotopic (exact) mass is 557 g/mol. The molecule has 10 unspecified atom stereocenters. The molecule has 222 valence electrons.